The lowest BCUT2D eigenvalue weighted by Gasteiger charge is -2.44. The highest BCUT2D eigenvalue weighted by Gasteiger charge is 2.66. The number of rotatable bonds is 5. The summed E-state index contributed by atoms with van der Waals surface area (Å²) >= 11 is 0. The van der Waals surface area contributed by atoms with Crippen molar-refractivity contribution >= 4 is 17.6 Å². The van der Waals surface area contributed by atoms with E-state index in [-0.39, 0.29) is 22.9 Å². The van der Waals surface area contributed by atoms with Gasteiger partial charge in [0, 0.05) is 16.7 Å². The maximum atomic E-state index is 14.0. The second-order valence-electron chi connectivity index (χ2n) is 8.02. The van der Waals surface area contributed by atoms with Gasteiger partial charge in [0.1, 0.15) is 29.3 Å². The lowest BCUT2D eigenvalue weighted by Crippen LogP contribution is -2.72. The lowest BCUT2D eigenvalue weighted by atomic mass is 9.79. The number of amides is 2. The third-order valence-corrected chi connectivity index (χ3v) is 5.73. The zero-order valence-electron chi connectivity index (χ0n) is 18.0. The number of nitrogens with one attached hydrogen (secondary N) is 2. The topological polar surface area (TPSA) is 109 Å². The summed E-state index contributed by atoms with van der Waals surface area (Å²) in [6.45, 7) is 1.39. The molecular weight excluding hydrogens is 472 g/mol. The van der Waals surface area contributed by atoms with Gasteiger partial charge >= 0.3 is 12.2 Å². The molecule has 3 atom stereocenters. The molecule has 1 aliphatic rings. The molecule has 35 heavy (non-hydrogen) atoms. The monoisotopic (exact) mass is 490 g/mol. The molecule has 3 N–H and O–H groups in total. The predicted octanol–water partition coefficient (Wildman–Crippen LogP) is 4.39. The number of carbonyl (C=O) groups is 3. The van der Waals surface area contributed by atoms with Crippen molar-refractivity contribution in [2.45, 2.75) is 24.9 Å². The summed E-state index contributed by atoms with van der Waals surface area (Å²) < 4.78 is 61.0. The second kappa shape index (κ2) is 8.66. The molecule has 1 aliphatic heterocycles. The van der Waals surface area contributed by atoms with Gasteiger partial charge in [0.2, 0.25) is 5.72 Å². The van der Waals surface area contributed by atoms with Gasteiger partial charge in [-0.05, 0) is 43.3 Å². The minimum atomic E-state index is -5.44. The number of halogens is 4. The molecule has 0 aliphatic carbocycles. The van der Waals surface area contributed by atoms with Crippen molar-refractivity contribution in [2.75, 3.05) is 0 Å². The van der Waals surface area contributed by atoms with E-state index in [4.69, 9.17) is 4.42 Å². The van der Waals surface area contributed by atoms with Crippen molar-refractivity contribution in [2.24, 2.45) is 5.92 Å². The Bertz CT molecular complexity index is 1280. The highest BCUT2D eigenvalue weighted by molar-refractivity contribution is 6.00. The molecule has 0 radical (unpaired) electrons. The van der Waals surface area contributed by atoms with Gasteiger partial charge in [-0.25, -0.2) is 9.18 Å². The summed E-state index contributed by atoms with van der Waals surface area (Å²) in [6, 6.07) is 9.52. The first-order valence-electron chi connectivity index (χ1n) is 10.3. The summed E-state index contributed by atoms with van der Waals surface area (Å²) in [5.74, 6) is -4.44. The molecule has 7 nitrogen and oxygen atoms in total. The highest BCUT2D eigenvalue weighted by Crippen LogP contribution is 2.44. The fourth-order valence-electron chi connectivity index (χ4n) is 3.91. The molecule has 3 aromatic rings. The first kappa shape index (κ1) is 24.1. The number of carbonyl (C=O) groups excluding carboxylic acids is 3. The SMILES string of the molecule is CC(=O)c1ccc(-c2ccc([C@@H]3NC(=O)N[C@](O)(C(F)(F)F)[C@@H]3C(=O)c3ccc(F)cc3)o2)cc1. The molecule has 1 aromatic heterocycles. The summed E-state index contributed by atoms with van der Waals surface area (Å²) in [5.41, 5.74) is -3.34. The maximum Gasteiger partial charge on any atom is 0.437 e. The van der Waals surface area contributed by atoms with E-state index in [1.54, 1.807) is 12.1 Å². The van der Waals surface area contributed by atoms with Crippen LogP contribution in [0.2, 0.25) is 0 Å². The van der Waals surface area contributed by atoms with Crippen molar-refractivity contribution in [3.63, 3.8) is 0 Å². The number of Topliss-reactive ketones (excluding diaryl/α,β-unsaturated/α-hetero) is 2. The average molecular weight is 490 g/mol. The zero-order chi connectivity index (χ0) is 25.5. The third-order valence-electron chi connectivity index (χ3n) is 5.73. The zero-order valence-corrected chi connectivity index (χ0v) is 18.0. The van der Waals surface area contributed by atoms with E-state index in [2.05, 4.69) is 5.32 Å². The van der Waals surface area contributed by atoms with Crippen LogP contribution in [0, 0.1) is 11.7 Å². The molecule has 0 saturated carbocycles. The Hall–Kier alpha value is -3.99. The number of aliphatic hydroxyl groups is 1. The quantitative estimate of drug-likeness (QED) is 0.363. The van der Waals surface area contributed by atoms with Gasteiger partial charge in [-0.1, -0.05) is 24.3 Å². The molecule has 2 heterocycles. The Morgan fingerprint density at radius 1 is 0.971 bits per heavy atom. The molecule has 1 saturated heterocycles. The smallest absolute Gasteiger partial charge is 0.437 e. The molecule has 0 unspecified atom stereocenters. The summed E-state index contributed by atoms with van der Waals surface area (Å²) in [5, 5.41) is 14.2. The summed E-state index contributed by atoms with van der Waals surface area (Å²) in [4.78, 5) is 36.8. The van der Waals surface area contributed by atoms with Gasteiger partial charge in [-0.3, -0.25) is 9.59 Å². The standard InChI is InChI=1S/C24H18F4N2O5/c1-12(31)13-2-4-14(5-3-13)17-10-11-18(35-17)20-19(21(32)15-6-8-16(25)9-7-15)23(34,24(26,27)28)30-22(33)29-20/h2-11,19-20,34H,1H3,(H2,29,30,33)/t19-,20-,23+/m0/s1. The number of alkyl halides is 3. The summed E-state index contributed by atoms with van der Waals surface area (Å²) in [7, 11) is 0. The van der Waals surface area contributed by atoms with Crippen LogP contribution in [0.5, 0.6) is 0 Å². The van der Waals surface area contributed by atoms with Gasteiger partial charge in [0.15, 0.2) is 11.6 Å². The van der Waals surface area contributed by atoms with Crippen LogP contribution in [-0.4, -0.2) is 34.6 Å². The number of urea groups is 1. The first-order chi connectivity index (χ1) is 16.4. The number of hydrogen-bond acceptors (Lipinski definition) is 5. The molecule has 0 bridgehead atoms. The van der Waals surface area contributed by atoms with Crippen LogP contribution in [0.15, 0.2) is 65.1 Å². The Labute approximate surface area is 195 Å². The maximum absolute atomic E-state index is 14.0. The van der Waals surface area contributed by atoms with Gasteiger partial charge in [0.05, 0.1) is 0 Å². The molecule has 182 valence electrons. The minimum absolute atomic E-state index is 0.164. The van der Waals surface area contributed by atoms with E-state index < -0.39 is 41.5 Å². The van der Waals surface area contributed by atoms with E-state index in [0.717, 1.165) is 24.3 Å². The Morgan fingerprint density at radius 3 is 2.14 bits per heavy atom. The first-order valence-corrected chi connectivity index (χ1v) is 10.3. The fourth-order valence-corrected chi connectivity index (χ4v) is 3.91. The minimum Gasteiger partial charge on any atom is -0.459 e. The predicted molar refractivity (Wildman–Crippen MR) is 114 cm³/mol. The van der Waals surface area contributed by atoms with E-state index >= 15 is 0 Å². The third kappa shape index (κ3) is 4.42. The van der Waals surface area contributed by atoms with Crippen LogP contribution < -0.4 is 10.6 Å². The Kier molecular flexibility index (Phi) is 5.97. The van der Waals surface area contributed by atoms with E-state index in [9.17, 15) is 37.1 Å². The number of furan rings is 1. The molecule has 2 aromatic carbocycles. The largest absolute Gasteiger partial charge is 0.459 e. The van der Waals surface area contributed by atoms with Crippen LogP contribution in [0.1, 0.15) is 39.4 Å². The molecule has 2 amide bonds. The lowest BCUT2D eigenvalue weighted by molar-refractivity contribution is -0.288. The van der Waals surface area contributed by atoms with E-state index in [1.807, 2.05) is 0 Å². The normalized spacial score (nSPS) is 22.3. The van der Waals surface area contributed by atoms with Gasteiger partial charge in [-0.15, -0.1) is 0 Å². The van der Waals surface area contributed by atoms with Crippen molar-refractivity contribution in [1.82, 2.24) is 10.6 Å². The number of benzene rings is 2. The average Bonchev–Trinajstić information content (AvgIpc) is 3.28. The van der Waals surface area contributed by atoms with Crippen molar-refractivity contribution < 1.29 is 41.5 Å². The van der Waals surface area contributed by atoms with E-state index in [0.29, 0.717) is 11.1 Å². The van der Waals surface area contributed by atoms with Crippen LogP contribution in [0.3, 0.4) is 0 Å². The van der Waals surface area contributed by atoms with Crippen LogP contribution in [-0.2, 0) is 0 Å². The van der Waals surface area contributed by atoms with Crippen molar-refractivity contribution in [3.8, 4) is 11.3 Å². The van der Waals surface area contributed by atoms with E-state index in [1.165, 1.54) is 36.5 Å². The summed E-state index contributed by atoms with van der Waals surface area (Å²) in [6.07, 6.45) is -5.44. The Morgan fingerprint density at radius 2 is 1.57 bits per heavy atom. The van der Waals surface area contributed by atoms with Crippen molar-refractivity contribution in [3.05, 3.63) is 83.4 Å². The van der Waals surface area contributed by atoms with Gasteiger partial charge in [-0.2, -0.15) is 13.2 Å². The second-order valence-corrected chi connectivity index (χ2v) is 8.02. The van der Waals surface area contributed by atoms with Crippen LogP contribution in [0.25, 0.3) is 11.3 Å². The van der Waals surface area contributed by atoms with Crippen LogP contribution >= 0.6 is 0 Å². The fraction of sp³-hybridized carbons (Fsp3) is 0.208. The molecule has 0 spiro atoms. The molecule has 4 rings (SSSR count). The molecule has 1 fully saturated rings. The highest BCUT2D eigenvalue weighted by atomic mass is 19.4. The van der Waals surface area contributed by atoms with Crippen LogP contribution in [0.4, 0.5) is 22.4 Å². The molecular formula is C24H18F4N2O5. The number of hydrogen-bond donors (Lipinski definition) is 3. The Balaban J connectivity index is 1.78. The number of ketones is 2. The van der Waals surface area contributed by atoms with Gasteiger partial charge in [0.25, 0.3) is 0 Å². The van der Waals surface area contributed by atoms with Crippen molar-refractivity contribution in [1.29, 1.82) is 0 Å². The molecule has 11 heteroatoms. The van der Waals surface area contributed by atoms with Gasteiger partial charge < -0.3 is 20.2 Å².